The number of fused-ring (bicyclic) bond motifs is 1. The molecule has 2 heterocycles. The number of carbonyl (C=O) groups is 1. The molecule has 1 N–H and O–H groups in total. The van der Waals surface area contributed by atoms with Gasteiger partial charge in [-0.3, -0.25) is 9.59 Å². The fourth-order valence-corrected chi connectivity index (χ4v) is 4.46. The number of esters is 1. The van der Waals surface area contributed by atoms with Crippen LogP contribution in [0.25, 0.3) is 22.4 Å². The van der Waals surface area contributed by atoms with Gasteiger partial charge in [-0.1, -0.05) is 6.07 Å². The average Bonchev–Trinajstić information content (AvgIpc) is 3.40. The summed E-state index contributed by atoms with van der Waals surface area (Å²) in [4.78, 5) is 31.9. The Morgan fingerprint density at radius 2 is 2.06 bits per heavy atom. The molecule has 0 spiro atoms. The Kier molecular flexibility index (Phi) is 6.74. The lowest BCUT2D eigenvalue weighted by Crippen LogP contribution is -2.26. The normalized spacial score (nSPS) is 15.3. The number of pyridine rings is 1. The number of nitrogens with one attached hydrogen (secondary N) is 1. The first-order valence-electron chi connectivity index (χ1n) is 11.3. The number of aromatic nitrogens is 3. The van der Waals surface area contributed by atoms with Crippen LogP contribution in [0, 0.1) is 12.8 Å². The summed E-state index contributed by atoms with van der Waals surface area (Å²) < 4.78 is 13.0. The molecule has 1 aliphatic carbocycles. The molecule has 32 heavy (non-hydrogen) atoms. The fourth-order valence-electron chi connectivity index (χ4n) is 4.46. The van der Waals surface area contributed by atoms with Crippen LogP contribution >= 0.6 is 0 Å². The fraction of sp³-hybridized carbons (Fsp3) is 0.480. The summed E-state index contributed by atoms with van der Waals surface area (Å²) in [6.07, 6.45) is 7.40. The Hall–Kier alpha value is -2.93. The zero-order valence-electron chi connectivity index (χ0n) is 19.0. The molecule has 0 unspecified atom stereocenters. The SMILES string of the molecule is COC[C@H](CCc1ccc2c(c1)nc(-c1c[nH]c(=O)c(C)c1)n2C)C(=O)OC1CCCC1. The largest absolute Gasteiger partial charge is 0.462 e. The van der Waals surface area contributed by atoms with E-state index in [0.717, 1.165) is 60.1 Å². The highest BCUT2D eigenvalue weighted by atomic mass is 16.5. The molecular formula is C25H31N3O4. The smallest absolute Gasteiger partial charge is 0.311 e. The molecule has 1 atom stereocenters. The van der Waals surface area contributed by atoms with Crippen molar-refractivity contribution in [3.8, 4) is 11.4 Å². The number of methoxy groups -OCH3 is 1. The summed E-state index contributed by atoms with van der Waals surface area (Å²) in [5.74, 6) is 0.391. The maximum atomic E-state index is 12.6. The van der Waals surface area contributed by atoms with Crippen molar-refractivity contribution >= 4 is 17.0 Å². The second kappa shape index (κ2) is 9.69. The van der Waals surface area contributed by atoms with Crippen molar-refractivity contribution in [3.63, 3.8) is 0 Å². The molecule has 2 aromatic heterocycles. The number of aryl methyl sites for hydroxylation is 3. The lowest BCUT2D eigenvalue weighted by molar-refractivity contribution is -0.155. The Morgan fingerprint density at radius 3 is 2.78 bits per heavy atom. The third kappa shape index (κ3) is 4.78. The van der Waals surface area contributed by atoms with Crippen molar-refractivity contribution < 1.29 is 14.3 Å². The first kappa shape index (κ1) is 22.3. The van der Waals surface area contributed by atoms with Gasteiger partial charge < -0.3 is 19.0 Å². The lowest BCUT2D eigenvalue weighted by Gasteiger charge is -2.18. The van der Waals surface area contributed by atoms with Crippen molar-refractivity contribution in [3.05, 3.63) is 51.9 Å². The van der Waals surface area contributed by atoms with Crippen LogP contribution in [0.3, 0.4) is 0 Å². The highest BCUT2D eigenvalue weighted by molar-refractivity contribution is 5.81. The number of hydrogen-bond acceptors (Lipinski definition) is 5. The van der Waals surface area contributed by atoms with Crippen LogP contribution < -0.4 is 5.56 Å². The molecular weight excluding hydrogens is 406 g/mol. The maximum Gasteiger partial charge on any atom is 0.311 e. The summed E-state index contributed by atoms with van der Waals surface area (Å²) in [5.41, 5.74) is 4.46. The topological polar surface area (TPSA) is 86.2 Å². The van der Waals surface area contributed by atoms with Gasteiger partial charge in [0, 0.05) is 31.5 Å². The van der Waals surface area contributed by atoms with Crippen LogP contribution in [-0.4, -0.2) is 40.3 Å². The van der Waals surface area contributed by atoms with Gasteiger partial charge in [-0.25, -0.2) is 4.98 Å². The van der Waals surface area contributed by atoms with Gasteiger partial charge in [0.1, 0.15) is 11.9 Å². The van der Waals surface area contributed by atoms with E-state index in [1.165, 1.54) is 0 Å². The van der Waals surface area contributed by atoms with Gasteiger partial charge in [0.05, 0.1) is 23.6 Å². The Labute approximate surface area is 187 Å². The van der Waals surface area contributed by atoms with E-state index < -0.39 is 0 Å². The van der Waals surface area contributed by atoms with E-state index in [4.69, 9.17) is 14.5 Å². The van der Waals surface area contributed by atoms with Crippen LogP contribution in [0.4, 0.5) is 0 Å². The molecule has 3 aromatic rings. The summed E-state index contributed by atoms with van der Waals surface area (Å²) in [6.45, 7) is 2.16. The average molecular weight is 438 g/mol. The summed E-state index contributed by atoms with van der Waals surface area (Å²) in [6, 6.07) is 8.07. The van der Waals surface area contributed by atoms with Crippen LogP contribution in [0.15, 0.2) is 35.3 Å². The third-order valence-corrected chi connectivity index (χ3v) is 6.36. The Morgan fingerprint density at radius 1 is 1.28 bits per heavy atom. The minimum atomic E-state index is -0.264. The number of imidazole rings is 1. The van der Waals surface area contributed by atoms with Gasteiger partial charge in [-0.2, -0.15) is 0 Å². The molecule has 4 rings (SSSR count). The molecule has 0 amide bonds. The first-order valence-corrected chi connectivity index (χ1v) is 11.3. The van der Waals surface area contributed by atoms with E-state index in [1.807, 2.05) is 17.7 Å². The van der Waals surface area contributed by atoms with Gasteiger partial charge in [-0.05, 0) is 69.2 Å². The molecule has 1 saturated carbocycles. The van der Waals surface area contributed by atoms with E-state index in [0.29, 0.717) is 18.6 Å². The van der Waals surface area contributed by atoms with E-state index in [-0.39, 0.29) is 23.6 Å². The van der Waals surface area contributed by atoms with Gasteiger partial charge >= 0.3 is 5.97 Å². The van der Waals surface area contributed by atoms with Gasteiger partial charge in [0.2, 0.25) is 0 Å². The minimum Gasteiger partial charge on any atom is -0.462 e. The van der Waals surface area contributed by atoms with Crippen LogP contribution in [0.2, 0.25) is 0 Å². The van der Waals surface area contributed by atoms with Crippen molar-refractivity contribution in [2.75, 3.05) is 13.7 Å². The number of aromatic amines is 1. The highest BCUT2D eigenvalue weighted by Crippen LogP contribution is 2.26. The Bertz CT molecular complexity index is 1160. The predicted octanol–water partition coefficient (Wildman–Crippen LogP) is 3.92. The molecule has 0 radical (unpaired) electrons. The number of carbonyl (C=O) groups excluding carboxylic acids is 1. The lowest BCUT2D eigenvalue weighted by atomic mass is 9.99. The minimum absolute atomic E-state index is 0.0710. The summed E-state index contributed by atoms with van der Waals surface area (Å²) >= 11 is 0. The monoisotopic (exact) mass is 437 g/mol. The van der Waals surface area contributed by atoms with Crippen molar-refractivity contribution in [2.45, 2.75) is 51.6 Å². The second-order valence-corrected chi connectivity index (χ2v) is 8.75. The van der Waals surface area contributed by atoms with E-state index in [1.54, 1.807) is 20.2 Å². The van der Waals surface area contributed by atoms with Crippen LogP contribution in [0.1, 0.15) is 43.2 Å². The highest BCUT2D eigenvalue weighted by Gasteiger charge is 2.25. The number of rotatable bonds is 8. The van der Waals surface area contributed by atoms with Gasteiger partial charge in [0.25, 0.3) is 5.56 Å². The second-order valence-electron chi connectivity index (χ2n) is 8.75. The molecule has 1 fully saturated rings. The molecule has 7 heteroatoms. The quantitative estimate of drug-likeness (QED) is 0.540. The molecule has 0 saturated heterocycles. The standard InChI is InChI=1S/C25H31N3O4/c1-16-12-19(14-26-24(16)29)23-27-21-13-17(9-11-22(21)28(23)2)8-10-18(15-31-3)25(30)32-20-6-4-5-7-20/h9,11-14,18,20H,4-8,10,15H2,1-3H3,(H,26,29)/t18-/m0/s1. The molecule has 1 aromatic carbocycles. The van der Waals surface area contributed by atoms with Crippen molar-refractivity contribution in [1.29, 1.82) is 0 Å². The zero-order valence-corrected chi connectivity index (χ0v) is 19.0. The maximum absolute atomic E-state index is 12.6. The first-order chi connectivity index (χ1) is 15.5. The number of ether oxygens (including phenoxy) is 2. The number of benzene rings is 1. The van der Waals surface area contributed by atoms with Crippen molar-refractivity contribution in [1.82, 2.24) is 14.5 Å². The zero-order chi connectivity index (χ0) is 22.7. The molecule has 0 aliphatic heterocycles. The van der Waals surface area contributed by atoms with Crippen LogP contribution in [0.5, 0.6) is 0 Å². The van der Waals surface area contributed by atoms with E-state index in [2.05, 4.69) is 23.2 Å². The number of nitrogens with zero attached hydrogens (tertiary/aromatic N) is 2. The van der Waals surface area contributed by atoms with Crippen molar-refractivity contribution in [2.24, 2.45) is 13.0 Å². The van der Waals surface area contributed by atoms with E-state index >= 15 is 0 Å². The Balaban J connectivity index is 1.49. The van der Waals surface area contributed by atoms with Gasteiger partial charge in [-0.15, -0.1) is 0 Å². The summed E-state index contributed by atoms with van der Waals surface area (Å²) in [5, 5.41) is 0. The van der Waals surface area contributed by atoms with Crippen LogP contribution in [-0.2, 0) is 27.7 Å². The molecule has 170 valence electrons. The molecule has 1 aliphatic rings. The molecule has 0 bridgehead atoms. The molecule has 7 nitrogen and oxygen atoms in total. The summed E-state index contributed by atoms with van der Waals surface area (Å²) in [7, 11) is 3.59. The van der Waals surface area contributed by atoms with Gasteiger partial charge in [0.15, 0.2) is 0 Å². The van der Waals surface area contributed by atoms with E-state index in [9.17, 15) is 9.59 Å². The predicted molar refractivity (Wildman–Crippen MR) is 124 cm³/mol. The number of H-pyrrole nitrogens is 1. The third-order valence-electron chi connectivity index (χ3n) is 6.36. The number of hydrogen-bond donors (Lipinski definition) is 1.